The van der Waals surface area contributed by atoms with Gasteiger partial charge in [-0.1, -0.05) is 40.2 Å². The third-order valence-electron chi connectivity index (χ3n) is 4.98. The first-order valence-electron chi connectivity index (χ1n) is 9.37. The van der Waals surface area contributed by atoms with Gasteiger partial charge in [-0.25, -0.2) is 22.0 Å². The van der Waals surface area contributed by atoms with E-state index in [9.17, 15) is 22.0 Å². The molecule has 1 heterocycles. The van der Waals surface area contributed by atoms with E-state index >= 15 is 0 Å². The highest BCUT2D eigenvalue weighted by atomic mass is 79.9. The Labute approximate surface area is 188 Å². The molecule has 0 saturated heterocycles. The van der Waals surface area contributed by atoms with Crippen LogP contribution < -0.4 is 5.32 Å². The molecule has 164 valence electrons. The van der Waals surface area contributed by atoms with Gasteiger partial charge in [-0.15, -0.1) is 0 Å². The molecular weight excluding hydrogens is 493 g/mol. The van der Waals surface area contributed by atoms with Gasteiger partial charge < -0.3 is 5.32 Å². The van der Waals surface area contributed by atoms with Crippen molar-refractivity contribution in [2.24, 2.45) is 7.05 Å². The van der Waals surface area contributed by atoms with Crippen molar-refractivity contribution in [3.05, 3.63) is 87.8 Å². The lowest BCUT2D eigenvalue weighted by Crippen LogP contribution is -2.05. The summed E-state index contributed by atoms with van der Waals surface area (Å²) in [6, 6.07) is 9.73. The molecule has 3 aromatic carbocycles. The molecule has 1 aromatic heterocycles. The largest absolute Gasteiger partial charge is 0.335 e. The van der Waals surface area contributed by atoms with Gasteiger partial charge in [-0.2, -0.15) is 5.10 Å². The van der Waals surface area contributed by atoms with Crippen molar-refractivity contribution in [2.45, 2.75) is 6.92 Å². The third kappa shape index (κ3) is 3.77. The number of nitrogens with zero attached hydrogens (tertiary/aromatic N) is 2. The molecule has 0 fully saturated rings. The van der Waals surface area contributed by atoms with Gasteiger partial charge in [0.25, 0.3) is 0 Å². The summed E-state index contributed by atoms with van der Waals surface area (Å²) >= 11 is 3.02. The fourth-order valence-corrected chi connectivity index (χ4v) is 3.99. The van der Waals surface area contributed by atoms with Crippen LogP contribution >= 0.6 is 15.9 Å². The third-order valence-corrected chi connectivity index (χ3v) is 5.44. The van der Waals surface area contributed by atoms with Crippen molar-refractivity contribution < 1.29 is 22.0 Å². The Balaban J connectivity index is 1.98. The van der Waals surface area contributed by atoms with E-state index in [2.05, 4.69) is 26.3 Å². The Morgan fingerprint density at radius 3 is 2.12 bits per heavy atom. The minimum absolute atomic E-state index is 0.111. The van der Waals surface area contributed by atoms with Crippen molar-refractivity contribution in [3.8, 4) is 22.3 Å². The van der Waals surface area contributed by atoms with Crippen molar-refractivity contribution >= 4 is 27.4 Å². The smallest absolute Gasteiger partial charge is 0.167 e. The number of benzene rings is 3. The van der Waals surface area contributed by atoms with Crippen LogP contribution in [-0.4, -0.2) is 9.78 Å². The standard InChI is InChI=1S/C23H15BrF5N3/c1-11-19(23(32(2)31-11)30-22-17(27)9-12(24)10-18(22)28)14-7-8-16(26)21(29)20(14)13-5-3-4-6-15(13)25/h3-10,30H,1-2H3. The van der Waals surface area contributed by atoms with Crippen molar-refractivity contribution in [2.75, 3.05) is 5.32 Å². The highest BCUT2D eigenvalue weighted by Crippen LogP contribution is 2.42. The molecule has 9 heteroatoms. The minimum Gasteiger partial charge on any atom is -0.335 e. The van der Waals surface area contributed by atoms with Gasteiger partial charge >= 0.3 is 0 Å². The molecule has 3 nitrogen and oxygen atoms in total. The Hall–Kier alpha value is -3.20. The fourth-order valence-electron chi connectivity index (χ4n) is 3.59. The first-order chi connectivity index (χ1) is 15.2. The normalized spacial score (nSPS) is 11.1. The van der Waals surface area contributed by atoms with Crippen molar-refractivity contribution in [3.63, 3.8) is 0 Å². The quantitative estimate of drug-likeness (QED) is 0.294. The van der Waals surface area contributed by atoms with Gasteiger partial charge in [0, 0.05) is 28.2 Å². The van der Waals surface area contributed by atoms with Crippen LogP contribution in [0.3, 0.4) is 0 Å². The van der Waals surface area contributed by atoms with Gasteiger partial charge in [-0.05, 0) is 36.8 Å². The topological polar surface area (TPSA) is 29.9 Å². The number of hydrogen-bond acceptors (Lipinski definition) is 2. The molecule has 0 aliphatic carbocycles. The van der Waals surface area contributed by atoms with Crippen LogP contribution in [-0.2, 0) is 7.05 Å². The maximum absolute atomic E-state index is 15.0. The monoisotopic (exact) mass is 507 g/mol. The van der Waals surface area contributed by atoms with E-state index < -0.39 is 34.8 Å². The molecule has 0 unspecified atom stereocenters. The molecule has 0 radical (unpaired) electrons. The first kappa shape index (κ1) is 22.0. The van der Waals surface area contributed by atoms with E-state index in [1.165, 1.54) is 36.0 Å². The molecule has 4 rings (SSSR count). The second-order valence-electron chi connectivity index (χ2n) is 7.07. The van der Waals surface area contributed by atoms with Crippen LogP contribution in [0.5, 0.6) is 0 Å². The summed E-state index contributed by atoms with van der Waals surface area (Å²) in [4.78, 5) is 0. The molecule has 0 spiro atoms. The van der Waals surface area contributed by atoms with Gasteiger partial charge in [0.2, 0.25) is 0 Å². The zero-order valence-corrected chi connectivity index (χ0v) is 18.4. The van der Waals surface area contributed by atoms with E-state index in [0.29, 0.717) is 5.69 Å². The highest BCUT2D eigenvalue weighted by molar-refractivity contribution is 9.10. The van der Waals surface area contributed by atoms with E-state index in [1.807, 2.05) is 0 Å². The molecule has 0 amide bonds. The number of aryl methyl sites for hydroxylation is 2. The van der Waals surface area contributed by atoms with Gasteiger partial charge in [-0.3, -0.25) is 4.68 Å². The zero-order valence-electron chi connectivity index (χ0n) is 16.8. The Bertz CT molecular complexity index is 1330. The lowest BCUT2D eigenvalue weighted by Gasteiger charge is -2.16. The Kier molecular flexibility index (Phi) is 5.77. The zero-order chi connectivity index (χ0) is 23.2. The van der Waals surface area contributed by atoms with Crippen LogP contribution in [0.25, 0.3) is 22.3 Å². The van der Waals surface area contributed by atoms with Gasteiger partial charge in [0.15, 0.2) is 23.3 Å². The number of hydrogen-bond donors (Lipinski definition) is 1. The lowest BCUT2D eigenvalue weighted by molar-refractivity contribution is 0.510. The van der Waals surface area contributed by atoms with E-state index in [1.54, 1.807) is 6.92 Å². The van der Waals surface area contributed by atoms with Crippen LogP contribution in [0.4, 0.5) is 33.5 Å². The SMILES string of the molecule is Cc1nn(C)c(Nc2c(F)cc(Br)cc2F)c1-c1ccc(F)c(F)c1-c1ccccc1F. The van der Waals surface area contributed by atoms with Crippen molar-refractivity contribution in [1.29, 1.82) is 0 Å². The molecule has 32 heavy (non-hydrogen) atoms. The summed E-state index contributed by atoms with van der Waals surface area (Å²) in [5, 5.41) is 6.93. The second-order valence-corrected chi connectivity index (χ2v) is 7.98. The second kappa shape index (κ2) is 8.38. The molecule has 0 aliphatic rings. The summed E-state index contributed by atoms with van der Waals surface area (Å²) in [5.41, 5.74) is -0.218. The number of aromatic nitrogens is 2. The summed E-state index contributed by atoms with van der Waals surface area (Å²) < 4.78 is 74.1. The summed E-state index contributed by atoms with van der Waals surface area (Å²) in [6.45, 7) is 1.60. The van der Waals surface area contributed by atoms with Crippen LogP contribution in [0.15, 0.2) is 53.0 Å². The van der Waals surface area contributed by atoms with E-state index in [0.717, 1.165) is 24.3 Å². The molecule has 1 N–H and O–H groups in total. The number of anilines is 2. The maximum atomic E-state index is 15.0. The maximum Gasteiger partial charge on any atom is 0.167 e. The average Bonchev–Trinajstić information content (AvgIpc) is 3.00. The highest BCUT2D eigenvalue weighted by Gasteiger charge is 2.25. The lowest BCUT2D eigenvalue weighted by atomic mass is 9.93. The summed E-state index contributed by atoms with van der Waals surface area (Å²) in [7, 11) is 1.52. The molecule has 4 aromatic rings. The van der Waals surface area contributed by atoms with Crippen LogP contribution in [0, 0.1) is 36.0 Å². The van der Waals surface area contributed by atoms with Crippen LogP contribution in [0.2, 0.25) is 0 Å². The minimum atomic E-state index is -1.25. The van der Waals surface area contributed by atoms with E-state index in [-0.39, 0.29) is 32.5 Å². The van der Waals surface area contributed by atoms with Gasteiger partial charge in [0.05, 0.1) is 5.69 Å². The van der Waals surface area contributed by atoms with Gasteiger partial charge in [0.1, 0.15) is 17.3 Å². The first-order valence-corrected chi connectivity index (χ1v) is 10.2. The molecule has 0 saturated carbocycles. The summed E-state index contributed by atoms with van der Waals surface area (Å²) in [6.07, 6.45) is 0. The predicted molar refractivity (Wildman–Crippen MR) is 116 cm³/mol. The molecule has 0 atom stereocenters. The average molecular weight is 508 g/mol. The Morgan fingerprint density at radius 1 is 0.812 bits per heavy atom. The number of rotatable bonds is 4. The molecular formula is C23H15BrF5N3. The molecule has 0 bridgehead atoms. The van der Waals surface area contributed by atoms with E-state index in [4.69, 9.17) is 0 Å². The number of halogens is 6. The Morgan fingerprint density at radius 2 is 1.47 bits per heavy atom. The van der Waals surface area contributed by atoms with Crippen molar-refractivity contribution in [1.82, 2.24) is 9.78 Å². The predicted octanol–water partition coefficient (Wildman–Crippen LogP) is 7.26. The fraction of sp³-hybridized carbons (Fsp3) is 0.0870. The number of nitrogens with one attached hydrogen (secondary N) is 1. The summed E-state index contributed by atoms with van der Waals surface area (Å²) in [5.74, 6) is -4.79. The van der Waals surface area contributed by atoms with Crippen LogP contribution in [0.1, 0.15) is 5.69 Å². The molecule has 0 aliphatic heterocycles.